The Morgan fingerprint density at radius 1 is 1.33 bits per heavy atom. The molecule has 0 aromatic rings. The largest absolute Gasteiger partial charge is 0.0913 e. The van der Waals surface area contributed by atoms with E-state index in [1.807, 2.05) is 0 Å². The topological polar surface area (TPSA) is 0 Å². The Labute approximate surface area is 58.3 Å². The fourth-order valence-corrected chi connectivity index (χ4v) is 0.736. The Morgan fingerprint density at radius 2 is 2.00 bits per heavy atom. The minimum Gasteiger partial charge on any atom is -0.0913 e. The first kappa shape index (κ1) is 8.48. The van der Waals surface area contributed by atoms with Crippen molar-refractivity contribution >= 4 is 0 Å². The summed E-state index contributed by atoms with van der Waals surface area (Å²) in [5, 5.41) is 0. The average Bonchev–Trinajstić information content (AvgIpc) is 1.91. The lowest BCUT2D eigenvalue weighted by atomic mass is 10.1. The van der Waals surface area contributed by atoms with Crippen molar-refractivity contribution in [2.45, 2.75) is 33.6 Å². The molecule has 0 bridgehead atoms. The van der Waals surface area contributed by atoms with Gasteiger partial charge in [-0.1, -0.05) is 30.7 Å². The maximum absolute atomic E-state index is 2.19. The third-order valence-corrected chi connectivity index (χ3v) is 1.48. The van der Waals surface area contributed by atoms with Gasteiger partial charge in [0.15, 0.2) is 0 Å². The van der Waals surface area contributed by atoms with Crippen LogP contribution in [-0.2, 0) is 0 Å². The molecule has 0 fully saturated rings. The van der Waals surface area contributed by atoms with E-state index < -0.39 is 0 Å². The van der Waals surface area contributed by atoms with E-state index >= 15 is 0 Å². The van der Waals surface area contributed by atoms with Crippen LogP contribution in [0, 0.1) is 0 Å². The molecule has 0 radical (unpaired) electrons. The third-order valence-electron chi connectivity index (χ3n) is 1.48. The van der Waals surface area contributed by atoms with Crippen LogP contribution in [0.2, 0.25) is 0 Å². The minimum atomic E-state index is 1.13. The molecule has 0 N–H and O–H groups in total. The van der Waals surface area contributed by atoms with Gasteiger partial charge < -0.3 is 0 Å². The van der Waals surface area contributed by atoms with Gasteiger partial charge in [0.1, 0.15) is 0 Å². The molecule has 0 unspecified atom stereocenters. The Morgan fingerprint density at radius 3 is 2.33 bits per heavy atom. The second kappa shape index (κ2) is 5.61. The minimum absolute atomic E-state index is 1.13. The van der Waals surface area contributed by atoms with Crippen molar-refractivity contribution in [2.75, 3.05) is 0 Å². The van der Waals surface area contributed by atoms with E-state index in [1.54, 1.807) is 0 Å². The van der Waals surface area contributed by atoms with Gasteiger partial charge in [-0.2, -0.15) is 0 Å². The van der Waals surface area contributed by atoms with E-state index in [-0.39, 0.29) is 0 Å². The van der Waals surface area contributed by atoms with E-state index in [1.165, 1.54) is 12.0 Å². The van der Waals surface area contributed by atoms with Crippen molar-refractivity contribution in [3.8, 4) is 0 Å². The van der Waals surface area contributed by atoms with Gasteiger partial charge in [-0.3, -0.25) is 0 Å². The van der Waals surface area contributed by atoms with Gasteiger partial charge in [-0.05, 0) is 26.7 Å². The van der Waals surface area contributed by atoms with Crippen LogP contribution in [0.15, 0.2) is 23.8 Å². The first-order valence-electron chi connectivity index (χ1n) is 3.60. The van der Waals surface area contributed by atoms with Crippen molar-refractivity contribution in [3.05, 3.63) is 23.8 Å². The smallest absolute Gasteiger partial charge is 0.0139 e. The quantitative estimate of drug-likeness (QED) is 0.506. The molecule has 0 aromatic carbocycles. The molecular weight excluding hydrogens is 108 g/mol. The summed E-state index contributed by atoms with van der Waals surface area (Å²) in [6.07, 6.45) is 8.79. The molecule has 0 aromatic heterocycles. The Bertz CT molecular complexity index is 107. The molecule has 0 saturated heterocycles. The molecular formula is C9H16. The number of rotatable bonds is 3. The second-order valence-electron chi connectivity index (χ2n) is 2.07. The lowest BCUT2D eigenvalue weighted by Crippen LogP contribution is -1.75. The molecule has 0 spiro atoms. The van der Waals surface area contributed by atoms with Crippen LogP contribution in [0.25, 0.3) is 0 Å². The van der Waals surface area contributed by atoms with Crippen molar-refractivity contribution < 1.29 is 0 Å². The third kappa shape index (κ3) is 4.01. The predicted octanol–water partition coefficient (Wildman–Crippen LogP) is 3.31. The standard InChI is InChI=1S/C9H16/c1-4-7-8-9(5-2)6-3/h4-5,7H,6,8H2,1-3H3. The molecule has 0 atom stereocenters. The summed E-state index contributed by atoms with van der Waals surface area (Å²) >= 11 is 0. The first-order valence-corrected chi connectivity index (χ1v) is 3.60. The average molecular weight is 124 g/mol. The van der Waals surface area contributed by atoms with Crippen LogP contribution < -0.4 is 0 Å². The Hall–Kier alpha value is -0.520. The molecule has 0 heterocycles. The lowest BCUT2D eigenvalue weighted by Gasteiger charge is -1.95. The van der Waals surface area contributed by atoms with E-state index in [2.05, 4.69) is 39.0 Å². The SMILES string of the molecule is CC=CCC(=CC)CC. The van der Waals surface area contributed by atoms with Crippen LogP contribution in [0.5, 0.6) is 0 Å². The highest BCUT2D eigenvalue weighted by molar-refractivity contribution is 5.04. The summed E-state index contributed by atoms with van der Waals surface area (Å²) < 4.78 is 0. The monoisotopic (exact) mass is 124 g/mol. The predicted molar refractivity (Wildman–Crippen MR) is 43.5 cm³/mol. The van der Waals surface area contributed by atoms with Gasteiger partial charge in [0.25, 0.3) is 0 Å². The van der Waals surface area contributed by atoms with Crippen molar-refractivity contribution in [1.29, 1.82) is 0 Å². The zero-order valence-corrected chi connectivity index (χ0v) is 6.65. The molecule has 0 heteroatoms. The summed E-state index contributed by atoms with van der Waals surface area (Å²) in [6, 6.07) is 0. The van der Waals surface area contributed by atoms with Crippen molar-refractivity contribution in [1.82, 2.24) is 0 Å². The molecule has 0 aliphatic rings. The Kier molecular flexibility index (Phi) is 5.29. The van der Waals surface area contributed by atoms with Gasteiger partial charge in [0.2, 0.25) is 0 Å². The molecule has 0 amide bonds. The van der Waals surface area contributed by atoms with Gasteiger partial charge >= 0.3 is 0 Å². The maximum Gasteiger partial charge on any atom is -0.0139 e. The highest BCUT2D eigenvalue weighted by Crippen LogP contribution is 2.05. The highest BCUT2D eigenvalue weighted by Gasteiger charge is 1.85. The summed E-state index contributed by atoms with van der Waals surface area (Å²) in [4.78, 5) is 0. The maximum atomic E-state index is 2.19. The molecule has 52 valence electrons. The zero-order chi connectivity index (χ0) is 7.11. The van der Waals surface area contributed by atoms with E-state index in [9.17, 15) is 0 Å². The molecule has 0 aliphatic carbocycles. The van der Waals surface area contributed by atoms with Crippen molar-refractivity contribution in [2.24, 2.45) is 0 Å². The summed E-state index contributed by atoms with van der Waals surface area (Å²) in [6.45, 7) is 6.35. The molecule has 0 saturated carbocycles. The zero-order valence-electron chi connectivity index (χ0n) is 6.65. The van der Waals surface area contributed by atoms with Gasteiger partial charge in [-0.15, -0.1) is 0 Å². The summed E-state index contributed by atoms with van der Waals surface area (Å²) in [5.74, 6) is 0. The number of allylic oxidation sites excluding steroid dienone is 4. The molecule has 0 rings (SSSR count). The highest BCUT2D eigenvalue weighted by atomic mass is 13.9. The van der Waals surface area contributed by atoms with Crippen LogP contribution in [0.1, 0.15) is 33.6 Å². The lowest BCUT2D eigenvalue weighted by molar-refractivity contribution is 1.02. The molecule has 0 aliphatic heterocycles. The van der Waals surface area contributed by atoms with E-state index in [0.29, 0.717) is 0 Å². The normalized spacial score (nSPS) is 13.0. The Balaban J connectivity index is 3.58. The molecule has 0 nitrogen and oxygen atoms in total. The van der Waals surface area contributed by atoms with Crippen LogP contribution in [0.3, 0.4) is 0 Å². The van der Waals surface area contributed by atoms with E-state index in [4.69, 9.17) is 0 Å². The van der Waals surface area contributed by atoms with Crippen LogP contribution >= 0.6 is 0 Å². The van der Waals surface area contributed by atoms with Crippen LogP contribution in [0.4, 0.5) is 0 Å². The fraction of sp³-hybridized carbons (Fsp3) is 0.556. The van der Waals surface area contributed by atoms with Gasteiger partial charge in [0, 0.05) is 0 Å². The van der Waals surface area contributed by atoms with E-state index in [0.717, 1.165) is 6.42 Å². The molecule has 9 heavy (non-hydrogen) atoms. The number of hydrogen-bond donors (Lipinski definition) is 0. The van der Waals surface area contributed by atoms with Gasteiger partial charge in [0.05, 0.1) is 0 Å². The van der Waals surface area contributed by atoms with Crippen molar-refractivity contribution in [3.63, 3.8) is 0 Å². The van der Waals surface area contributed by atoms with Crippen LogP contribution in [-0.4, -0.2) is 0 Å². The summed E-state index contributed by atoms with van der Waals surface area (Å²) in [7, 11) is 0. The summed E-state index contributed by atoms with van der Waals surface area (Å²) in [5.41, 5.74) is 1.52. The second-order valence-corrected chi connectivity index (χ2v) is 2.07. The number of hydrogen-bond acceptors (Lipinski definition) is 0. The van der Waals surface area contributed by atoms with Gasteiger partial charge in [-0.25, -0.2) is 0 Å². The first-order chi connectivity index (χ1) is 4.35. The fourth-order valence-electron chi connectivity index (χ4n) is 0.736.